The Balaban J connectivity index is 1.74. The molecule has 1 amide bonds. The van der Waals surface area contributed by atoms with E-state index in [4.69, 9.17) is 9.84 Å². The van der Waals surface area contributed by atoms with Crippen LogP contribution in [-0.2, 0) is 4.74 Å². The van der Waals surface area contributed by atoms with Gasteiger partial charge in [0.2, 0.25) is 0 Å². The molecule has 0 radical (unpaired) electrons. The zero-order valence-corrected chi connectivity index (χ0v) is 15.6. The quantitative estimate of drug-likeness (QED) is 0.706. The largest absolute Gasteiger partial charge is 0.372 e. The van der Waals surface area contributed by atoms with Gasteiger partial charge in [0, 0.05) is 19.3 Å². The van der Waals surface area contributed by atoms with Crippen molar-refractivity contribution in [2.75, 3.05) is 13.1 Å². The summed E-state index contributed by atoms with van der Waals surface area (Å²) in [5.74, 6) is 0.0116. The normalized spacial score (nSPS) is 20.3. The van der Waals surface area contributed by atoms with Crippen LogP contribution in [0.25, 0.3) is 16.3 Å². The van der Waals surface area contributed by atoms with E-state index in [0.717, 1.165) is 16.3 Å². The summed E-state index contributed by atoms with van der Waals surface area (Å²) in [5.41, 5.74) is 2.31. The fraction of sp³-hybridized carbons (Fsp3) is 0.300. The third kappa shape index (κ3) is 3.30. The molecule has 5 nitrogen and oxygen atoms in total. The van der Waals surface area contributed by atoms with Crippen LogP contribution in [0.15, 0.2) is 54.0 Å². The first-order chi connectivity index (χ1) is 12.6. The molecule has 0 saturated carbocycles. The number of hydrogen-bond acceptors (Lipinski definition) is 4. The van der Waals surface area contributed by atoms with Crippen LogP contribution in [0.4, 0.5) is 0 Å². The molecule has 134 valence electrons. The Kier molecular flexibility index (Phi) is 4.61. The number of aromatic nitrogens is 2. The van der Waals surface area contributed by atoms with Gasteiger partial charge in [0.25, 0.3) is 5.91 Å². The van der Waals surface area contributed by atoms with Gasteiger partial charge in [-0.3, -0.25) is 4.79 Å². The lowest BCUT2D eigenvalue weighted by molar-refractivity contribution is -0.0586. The van der Waals surface area contributed by atoms with E-state index in [1.807, 2.05) is 72.8 Å². The Morgan fingerprint density at radius 2 is 1.85 bits per heavy atom. The Morgan fingerprint density at radius 3 is 2.50 bits per heavy atom. The van der Waals surface area contributed by atoms with E-state index < -0.39 is 0 Å². The number of morpholine rings is 1. The first-order valence-corrected chi connectivity index (χ1v) is 9.63. The zero-order chi connectivity index (χ0) is 18.1. The van der Waals surface area contributed by atoms with E-state index in [0.29, 0.717) is 18.7 Å². The molecule has 1 fully saturated rings. The Hall–Kier alpha value is -2.44. The number of nitrogens with zero attached hydrogens (tertiary/aromatic N) is 3. The number of carbonyl (C=O) groups is 1. The van der Waals surface area contributed by atoms with E-state index >= 15 is 0 Å². The second-order valence-electron chi connectivity index (χ2n) is 6.62. The van der Waals surface area contributed by atoms with Gasteiger partial charge in [-0.25, -0.2) is 4.68 Å². The summed E-state index contributed by atoms with van der Waals surface area (Å²) >= 11 is 1.59. The maximum atomic E-state index is 13.3. The van der Waals surface area contributed by atoms with Gasteiger partial charge in [-0.1, -0.05) is 24.3 Å². The second-order valence-corrected chi connectivity index (χ2v) is 7.56. The maximum Gasteiger partial charge on any atom is 0.257 e. The smallest absolute Gasteiger partial charge is 0.257 e. The van der Waals surface area contributed by atoms with Gasteiger partial charge in [-0.2, -0.15) is 5.10 Å². The summed E-state index contributed by atoms with van der Waals surface area (Å²) in [4.78, 5) is 16.1. The fourth-order valence-electron chi connectivity index (χ4n) is 3.35. The van der Waals surface area contributed by atoms with Gasteiger partial charge in [-0.05, 0) is 37.4 Å². The highest BCUT2D eigenvalue weighted by atomic mass is 32.1. The fourth-order valence-corrected chi connectivity index (χ4v) is 4.08. The number of amides is 1. The SMILES string of the molecule is C[C@H]1CN(C(=O)c2cn(-c3ccccc3)nc2-c2cccs2)C[C@H](C)O1. The van der Waals surface area contributed by atoms with Crippen molar-refractivity contribution in [2.45, 2.75) is 26.1 Å². The van der Waals surface area contributed by atoms with Crippen molar-refractivity contribution in [3.05, 3.63) is 59.6 Å². The minimum Gasteiger partial charge on any atom is -0.372 e. The van der Waals surface area contributed by atoms with Gasteiger partial charge >= 0.3 is 0 Å². The van der Waals surface area contributed by atoms with Crippen LogP contribution >= 0.6 is 11.3 Å². The van der Waals surface area contributed by atoms with Crippen molar-refractivity contribution in [1.29, 1.82) is 0 Å². The Bertz CT molecular complexity index is 879. The average Bonchev–Trinajstić information content (AvgIpc) is 3.30. The van der Waals surface area contributed by atoms with Crippen molar-refractivity contribution in [3.8, 4) is 16.3 Å². The lowest BCUT2D eigenvalue weighted by Gasteiger charge is -2.35. The van der Waals surface area contributed by atoms with Crippen LogP contribution < -0.4 is 0 Å². The Labute approximate surface area is 156 Å². The monoisotopic (exact) mass is 367 g/mol. The van der Waals surface area contributed by atoms with E-state index in [9.17, 15) is 4.79 Å². The van der Waals surface area contributed by atoms with Crippen LogP contribution in [-0.4, -0.2) is 45.9 Å². The summed E-state index contributed by atoms with van der Waals surface area (Å²) in [6.07, 6.45) is 1.92. The molecule has 1 saturated heterocycles. The summed E-state index contributed by atoms with van der Waals surface area (Å²) < 4.78 is 7.55. The molecule has 0 spiro atoms. The van der Waals surface area contributed by atoms with E-state index in [2.05, 4.69) is 0 Å². The van der Waals surface area contributed by atoms with Gasteiger partial charge in [0.05, 0.1) is 28.3 Å². The lowest BCUT2D eigenvalue weighted by Crippen LogP contribution is -2.48. The summed E-state index contributed by atoms with van der Waals surface area (Å²) in [6, 6.07) is 13.9. The average molecular weight is 367 g/mol. The third-order valence-corrected chi connectivity index (χ3v) is 5.30. The first kappa shape index (κ1) is 17.0. The first-order valence-electron chi connectivity index (χ1n) is 8.75. The molecule has 1 aliphatic rings. The molecule has 2 aromatic heterocycles. The summed E-state index contributed by atoms with van der Waals surface area (Å²) in [7, 11) is 0. The van der Waals surface area contributed by atoms with E-state index in [1.54, 1.807) is 16.0 Å². The van der Waals surface area contributed by atoms with Gasteiger partial charge < -0.3 is 9.64 Å². The number of benzene rings is 1. The molecule has 0 unspecified atom stereocenters. The molecule has 4 rings (SSSR count). The molecule has 26 heavy (non-hydrogen) atoms. The van der Waals surface area contributed by atoms with E-state index in [1.165, 1.54) is 0 Å². The predicted octanol–water partition coefficient (Wildman–Crippen LogP) is 3.85. The molecular weight excluding hydrogens is 346 g/mol. The molecule has 3 heterocycles. The number of ether oxygens (including phenoxy) is 1. The number of rotatable bonds is 3. The van der Waals surface area contributed by atoms with Crippen molar-refractivity contribution in [1.82, 2.24) is 14.7 Å². The van der Waals surface area contributed by atoms with Crippen molar-refractivity contribution in [2.24, 2.45) is 0 Å². The standard InChI is InChI=1S/C20H21N3O2S/c1-14-11-22(12-15(2)25-14)20(24)17-13-23(16-7-4-3-5-8-16)21-19(17)18-9-6-10-26-18/h3-10,13-15H,11-12H2,1-2H3/t14-,15-/m0/s1. The van der Waals surface area contributed by atoms with E-state index in [-0.39, 0.29) is 18.1 Å². The highest BCUT2D eigenvalue weighted by Gasteiger charge is 2.29. The van der Waals surface area contributed by atoms with Crippen LogP contribution in [0.2, 0.25) is 0 Å². The summed E-state index contributed by atoms with van der Waals surface area (Å²) in [5, 5.41) is 6.73. The van der Waals surface area contributed by atoms with Gasteiger partial charge in [-0.15, -0.1) is 11.3 Å². The predicted molar refractivity (Wildman–Crippen MR) is 103 cm³/mol. The molecule has 2 atom stereocenters. The second kappa shape index (κ2) is 7.05. The van der Waals surface area contributed by atoms with Crippen LogP contribution in [0.5, 0.6) is 0 Å². The Morgan fingerprint density at radius 1 is 1.12 bits per heavy atom. The zero-order valence-electron chi connectivity index (χ0n) is 14.8. The number of carbonyl (C=O) groups excluding carboxylic acids is 1. The molecule has 1 aliphatic heterocycles. The summed E-state index contributed by atoms with van der Waals surface area (Å²) in [6.45, 7) is 5.21. The molecule has 3 aromatic rings. The van der Waals surface area contributed by atoms with Crippen LogP contribution in [0, 0.1) is 0 Å². The number of thiophene rings is 1. The van der Waals surface area contributed by atoms with Crippen molar-refractivity contribution >= 4 is 17.2 Å². The van der Waals surface area contributed by atoms with Crippen molar-refractivity contribution < 1.29 is 9.53 Å². The minimum atomic E-state index is 0.0116. The molecule has 6 heteroatoms. The lowest BCUT2D eigenvalue weighted by atomic mass is 10.1. The highest BCUT2D eigenvalue weighted by molar-refractivity contribution is 7.13. The number of para-hydroxylation sites is 1. The molecule has 0 bridgehead atoms. The molecular formula is C20H21N3O2S. The third-order valence-electron chi connectivity index (χ3n) is 4.43. The molecule has 0 N–H and O–H groups in total. The van der Waals surface area contributed by atoms with Crippen molar-refractivity contribution in [3.63, 3.8) is 0 Å². The van der Waals surface area contributed by atoms with Gasteiger partial charge in [0.15, 0.2) is 0 Å². The van der Waals surface area contributed by atoms with Gasteiger partial charge in [0.1, 0.15) is 5.69 Å². The highest BCUT2D eigenvalue weighted by Crippen LogP contribution is 2.29. The maximum absolute atomic E-state index is 13.3. The van der Waals surface area contributed by atoms with Crippen LogP contribution in [0.1, 0.15) is 24.2 Å². The number of hydrogen-bond donors (Lipinski definition) is 0. The minimum absolute atomic E-state index is 0.0116. The molecule has 0 aliphatic carbocycles. The topological polar surface area (TPSA) is 47.4 Å². The van der Waals surface area contributed by atoms with Crippen LogP contribution in [0.3, 0.4) is 0 Å². The molecule has 1 aromatic carbocycles.